The van der Waals surface area contributed by atoms with E-state index in [0.29, 0.717) is 5.02 Å². The van der Waals surface area contributed by atoms with Crippen LogP contribution >= 0.6 is 27.5 Å². The minimum absolute atomic E-state index is 0.645. The van der Waals surface area contributed by atoms with Crippen molar-refractivity contribution in [3.63, 3.8) is 0 Å². The summed E-state index contributed by atoms with van der Waals surface area (Å²) >= 11 is 10.0. The molecule has 0 unspecified atom stereocenters. The van der Waals surface area contributed by atoms with Gasteiger partial charge in [-0.05, 0) is 51.3 Å². The Morgan fingerprint density at radius 1 is 1.08 bits per heavy atom. The average molecular weight is 401 g/mol. The van der Waals surface area contributed by atoms with Crippen molar-refractivity contribution in [3.8, 4) is 17.0 Å². The Morgan fingerprint density at radius 3 is 2.50 bits per heavy atom. The van der Waals surface area contributed by atoms with Gasteiger partial charge >= 0.3 is 0 Å². The molecular weight excluding hydrogens is 386 g/mol. The molecule has 1 aromatic heterocycles. The van der Waals surface area contributed by atoms with E-state index in [2.05, 4.69) is 29.1 Å². The van der Waals surface area contributed by atoms with Gasteiger partial charge in [0.25, 0.3) is 0 Å². The Kier molecular flexibility index (Phi) is 4.74. The predicted molar refractivity (Wildman–Crippen MR) is 107 cm³/mol. The fourth-order valence-electron chi connectivity index (χ4n) is 2.60. The van der Waals surface area contributed by atoms with Crippen LogP contribution in [0.2, 0.25) is 5.02 Å². The number of hydrogen-bond acceptors (Lipinski definition) is 2. The van der Waals surface area contributed by atoms with Crippen LogP contribution in [0.3, 0.4) is 0 Å². The second-order valence-electron chi connectivity index (χ2n) is 5.22. The lowest BCUT2D eigenvalue weighted by molar-refractivity contribution is 0.413. The molecule has 0 aliphatic carbocycles. The molecule has 0 amide bonds. The fourth-order valence-corrected chi connectivity index (χ4v) is 3.45. The number of rotatable bonds is 4. The highest BCUT2D eigenvalue weighted by Gasteiger charge is 2.12. The van der Waals surface area contributed by atoms with Crippen molar-refractivity contribution in [3.05, 3.63) is 70.2 Å². The van der Waals surface area contributed by atoms with Crippen LogP contribution in [-0.2, 0) is 0 Å². The number of pyridine rings is 1. The highest BCUT2D eigenvalue weighted by molar-refractivity contribution is 9.10. The van der Waals surface area contributed by atoms with Crippen molar-refractivity contribution in [2.45, 2.75) is 0 Å². The number of ether oxygens (including phenoxy) is 1. The van der Waals surface area contributed by atoms with Gasteiger partial charge in [-0.1, -0.05) is 49.0 Å². The first-order valence-corrected chi connectivity index (χ1v) is 8.48. The summed E-state index contributed by atoms with van der Waals surface area (Å²) < 4.78 is 6.14. The lowest BCUT2D eigenvalue weighted by Gasteiger charge is -2.11. The molecule has 3 aromatic rings. The maximum atomic E-state index is 6.47. The van der Waals surface area contributed by atoms with E-state index in [1.54, 1.807) is 7.11 Å². The van der Waals surface area contributed by atoms with Crippen LogP contribution in [0.4, 0.5) is 0 Å². The number of aromatic nitrogens is 1. The van der Waals surface area contributed by atoms with Crippen molar-refractivity contribution in [2.75, 3.05) is 7.11 Å². The molecule has 0 radical (unpaired) electrons. The van der Waals surface area contributed by atoms with Gasteiger partial charge in [-0.15, -0.1) is 0 Å². The molecule has 24 heavy (non-hydrogen) atoms. The zero-order chi connectivity index (χ0) is 17.3. The molecule has 0 atom stereocenters. The molecule has 3 rings (SSSR count). The molecule has 0 saturated carbocycles. The summed E-state index contributed by atoms with van der Waals surface area (Å²) in [5.41, 5.74) is 4.56. The number of halogens is 2. The summed E-state index contributed by atoms with van der Waals surface area (Å²) in [4.78, 5) is 4.77. The minimum Gasteiger partial charge on any atom is -0.495 e. The molecule has 2 aromatic carbocycles. The topological polar surface area (TPSA) is 22.1 Å². The van der Waals surface area contributed by atoms with Crippen LogP contribution in [0.5, 0.6) is 5.75 Å². The van der Waals surface area contributed by atoms with Gasteiger partial charge in [0.2, 0.25) is 0 Å². The summed E-state index contributed by atoms with van der Waals surface area (Å²) in [5, 5.41) is 1.52. The van der Waals surface area contributed by atoms with Crippen LogP contribution in [0.25, 0.3) is 34.3 Å². The van der Waals surface area contributed by atoms with E-state index in [9.17, 15) is 0 Å². The third-order valence-corrected chi connectivity index (χ3v) is 4.96. The van der Waals surface area contributed by atoms with Gasteiger partial charge < -0.3 is 4.74 Å². The lowest BCUT2D eigenvalue weighted by Crippen LogP contribution is -1.92. The van der Waals surface area contributed by atoms with Crippen molar-refractivity contribution in [2.24, 2.45) is 0 Å². The van der Waals surface area contributed by atoms with Crippen LogP contribution in [-0.4, -0.2) is 12.1 Å². The predicted octanol–water partition coefficient (Wildman–Crippen LogP) is 6.61. The highest BCUT2D eigenvalue weighted by atomic mass is 79.9. The summed E-state index contributed by atoms with van der Waals surface area (Å²) in [6, 6.07) is 11.7. The third-order valence-electron chi connectivity index (χ3n) is 3.88. The standard InChI is InChI=1S/C20H15BrClNO/c1-4-12-6-7-14(10-13(12)5-2)17-11-16(22)15-8-9-18(24-3)19(21)20(15)23-17/h4-11H,1-2H2,3H3. The summed E-state index contributed by atoms with van der Waals surface area (Å²) in [6.07, 6.45) is 3.62. The first-order valence-electron chi connectivity index (χ1n) is 7.31. The van der Waals surface area contributed by atoms with Crippen molar-refractivity contribution >= 4 is 50.6 Å². The number of nitrogens with zero attached hydrogens (tertiary/aromatic N) is 1. The van der Waals surface area contributed by atoms with E-state index in [0.717, 1.165) is 43.5 Å². The number of hydrogen-bond donors (Lipinski definition) is 0. The van der Waals surface area contributed by atoms with E-state index in [-0.39, 0.29) is 0 Å². The SMILES string of the molecule is C=Cc1ccc(-c2cc(Cl)c3ccc(OC)c(Br)c3n2)cc1C=C. The largest absolute Gasteiger partial charge is 0.495 e. The third kappa shape index (κ3) is 2.85. The van der Waals surface area contributed by atoms with Gasteiger partial charge in [-0.3, -0.25) is 0 Å². The zero-order valence-electron chi connectivity index (χ0n) is 13.1. The van der Waals surface area contributed by atoms with Crippen LogP contribution in [0.15, 0.2) is 54.0 Å². The maximum Gasteiger partial charge on any atom is 0.135 e. The number of fused-ring (bicyclic) bond motifs is 1. The molecule has 4 heteroatoms. The molecule has 0 saturated heterocycles. The highest BCUT2D eigenvalue weighted by Crippen LogP contribution is 2.37. The average Bonchev–Trinajstić information content (AvgIpc) is 2.61. The lowest BCUT2D eigenvalue weighted by atomic mass is 10.0. The molecular formula is C20H15BrClNO. The molecule has 120 valence electrons. The zero-order valence-corrected chi connectivity index (χ0v) is 15.5. The molecule has 2 nitrogen and oxygen atoms in total. The molecule has 0 fully saturated rings. The van der Waals surface area contributed by atoms with Crippen LogP contribution in [0, 0.1) is 0 Å². The van der Waals surface area contributed by atoms with Crippen molar-refractivity contribution < 1.29 is 4.74 Å². The molecule has 0 spiro atoms. The van der Waals surface area contributed by atoms with Gasteiger partial charge in [0.1, 0.15) is 5.75 Å². The summed E-state index contributed by atoms with van der Waals surface area (Å²) in [5.74, 6) is 0.719. The van der Waals surface area contributed by atoms with E-state index in [4.69, 9.17) is 21.3 Å². The summed E-state index contributed by atoms with van der Waals surface area (Å²) in [6.45, 7) is 7.68. The fraction of sp³-hybridized carbons (Fsp3) is 0.0500. The van der Waals surface area contributed by atoms with E-state index >= 15 is 0 Å². The van der Waals surface area contributed by atoms with E-state index in [1.165, 1.54) is 0 Å². The number of benzene rings is 2. The van der Waals surface area contributed by atoms with Gasteiger partial charge in [-0.25, -0.2) is 4.98 Å². The normalized spacial score (nSPS) is 10.6. The van der Waals surface area contributed by atoms with Crippen molar-refractivity contribution in [1.29, 1.82) is 0 Å². The Labute approximate surface area is 154 Å². The van der Waals surface area contributed by atoms with E-state index < -0.39 is 0 Å². The quantitative estimate of drug-likeness (QED) is 0.491. The second kappa shape index (κ2) is 6.80. The monoisotopic (exact) mass is 399 g/mol. The first-order chi connectivity index (χ1) is 11.6. The Balaban J connectivity index is 2.25. The van der Waals surface area contributed by atoms with Gasteiger partial charge in [0.15, 0.2) is 0 Å². The summed E-state index contributed by atoms with van der Waals surface area (Å²) in [7, 11) is 1.63. The Hall–Kier alpha value is -2.10. The van der Waals surface area contributed by atoms with Crippen LogP contribution < -0.4 is 4.74 Å². The second-order valence-corrected chi connectivity index (χ2v) is 6.42. The maximum absolute atomic E-state index is 6.47. The molecule has 0 aliphatic rings. The Morgan fingerprint density at radius 2 is 1.83 bits per heavy atom. The van der Waals surface area contributed by atoms with Gasteiger partial charge in [-0.2, -0.15) is 0 Å². The number of methoxy groups -OCH3 is 1. The van der Waals surface area contributed by atoms with E-state index in [1.807, 2.05) is 48.6 Å². The van der Waals surface area contributed by atoms with Gasteiger partial charge in [0, 0.05) is 10.9 Å². The molecule has 1 heterocycles. The van der Waals surface area contributed by atoms with Crippen LogP contribution in [0.1, 0.15) is 11.1 Å². The smallest absolute Gasteiger partial charge is 0.135 e. The minimum atomic E-state index is 0.645. The van der Waals surface area contributed by atoms with Gasteiger partial charge in [0.05, 0.1) is 27.8 Å². The Bertz CT molecular complexity index is 966. The van der Waals surface area contributed by atoms with Crippen molar-refractivity contribution in [1.82, 2.24) is 4.98 Å². The molecule has 0 bridgehead atoms. The molecule has 0 aliphatic heterocycles. The first kappa shape index (κ1) is 16.7. The molecule has 0 N–H and O–H groups in total.